The molecule has 0 radical (unpaired) electrons. The van der Waals surface area contributed by atoms with Crippen molar-refractivity contribution in [3.05, 3.63) is 23.3 Å². The van der Waals surface area contributed by atoms with Crippen LogP contribution in [-0.4, -0.2) is 80.2 Å². The number of fused-ring (bicyclic) bond motifs is 7. The Kier molecular flexibility index (Phi) is 9.53. The molecule has 4 fully saturated rings. The Balaban J connectivity index is 1.66. The largest absolute Gasteiger partial charge is 0.455 e. The Morgan fingerprint density at radius 3 is 2.18 bits per heavy atom. The molecule has 0 aromatic carbocycles. The van der Waals surface area contributed by atoms with Crippen molar-refractivity contribution in [3.8, 4) is 0 Å². The van der Waals surface area contributed by atoms with Crippen LogP contribution in [0.4, 0.5) is 0 Å². The summed E-state index contributed by atoms with van der Waals surface area (Å²) in [6, 6.07) is 0. The molecule has 0 amide bonds. The molecule has 13 atom stereocenters. The average molecular weight is 689 g/mol. The van der Waals surface area contributed by atoms with Crippen LogP contribution in [0.15, 0.2) is 23.3 Å². The third-order valence-electron chi connectivity index (χ3n) is 15.8. The lowest BCUT2D eigenvalue weighted by Crippen LogP contribution is -2.73. The van der Waals surface area contributed by atoms with Crippen molar-refractivity contribution in [1.82, 2.24) is 0 Å². The van der Waals surface area contributed by atoms with Crippen LogP contribution in [0.3, 0.4) is 0 Å². The van der Waals surface area contributed by atoms with E-state index < -0.39 is 70.7 Å². The average Bonchev–Trinajstić information content (AvgIpc) is 3.00. The van der Waals surface area contributed by atoms with E-state index in [0.29, 0.717) is 30.3 Å². The number of hydrogen-bond donors (Lipinski definition) is 5. The Labute approximate surface area is 293 Å². The lowest BCUT2D eigenvalue weighted by atomic mass is 9.33. The third-order valence-corrected chi connectivity index (χ3v) is 15.8. The van der Waals surface area contributed by atoms with Crippen molar-refractivity contribution in [2.24, 2.45) is 50.2 Å². The van der Waals surface area contributed by atoms with Gasteiger partial charge in [0.05, 0.1) is 30.3 Å². The molecule has 278 valence electrons. The van der Waals surface area contributed by atoms with Gasteiger partial charge in [-0.3, -0.25) is 0 Å². The summed E-state index contributed by atoms with van der Waals surface area (Å²) in [5.41, 5.74) is -3.84. The number of rotatable bonds is 6. The second-order valence-corrected chi connectivity index (χ2v) is 18.9. The van der Waals surface area contributed by atoms with Gasteiger partial charge in [0.15, 0.2) is 11.7 Å². The normalized spacial score (nSPS) is 46.0. The molecule has 4 saturated carbocycles. The molecule has 5 aliphatic rings. The molecular weight excluding hydrogens is 624 g/mol. The van der Waals surface area contributed by atoms with E-state index in [4.69, 9.17) is 9.47 Å². The van der Waals surface area contributed by atoms with E-state index in [0.717, 1.165) is 37.7 Å². The molecule has 49 heavy (non-hydrogen) atoms. The smallest absolute Gasteiger partial charge is 0.340 e. The fourth-order valence-corrected chi connectivity index (χ4v) is 12.0. The van der Waals surface area contributed by atoms with E-state index in [-0.39, 0.29) is 22.3 Å². The number of carbonyl (C=O) groups is 2. The van der Waals surface area contributed by atoms with Gasteiger partial charge in [-0.05, 0) is 112 Å². The maximum Gasteiger partial charge on any atom is 0.340 e. The topological polar surface area (TPSA) is 154 Å². The lowest BCUT2D eigenvalue weighted by molar-refractivity contribution is -0.271. The van der Waals surface area contributed by atoms with Crippen LogP contribution in [0.25, 0.3) is 0 Å². The van der Waals surface area contributed by atoms with Gasteiger partial charge in [-0.25, -0.2) is 9.59 Å². The highest BCUT2D eigenvalue weighted by molar-refractivity contribution is 5.88. The first-order chi connectivity index (χ1) is 22.4. The van der Waals surface area contributed by atoms with Crippen molar-refractivity contribution in [2.75, 3.05) is 6.61 Å². The second-order valence-electron chi connectivity index (χ2n) is 18.9. The van der Waals surface area contributed by atoms with Crippen LogP contribution < -0.4 is 0 Å². The summed E-state index contributed by atoms with van der Waals surface area (Å²) >= 11 is 0. The summed E-state index contributed by atoms with van der Waals surface area (Å²) in [6.07, 6.45) is 3.87. The first-order valence-corrected chi connectivity index (χ1v) is 18.6. The fourth-order valence-electron chi connectivity index (χ4n) is 12.0. The number of esters is 2. The molecule has 5 N–H and O–H groups in total. The van der Waals surface area contributed by atoms with Gasteiger partial charge in [-0.15, -0.1) is 0 Å². The molecule has 0 aromatic rings. The van der Waals surface area contributed by atoms with E-state index in [1.165, 1.54) is 13.8 Å². The van der Waals surface area contributed by atoms with E-state index in [1.54, 1.807) is 19.9 Å². The third kappa shape index (κ3) is 5.25. The minimum Gasteiger partial charge on any atom is -0.455 e. The van der Waals surface area contributed by atoms with Gasteiger partial charge >= 0.3 is 11.9 Å². The molecule has 0 aliphatic heterocycles. The highest BCUT2D eigenvalue weighted by Crippen LogP contribution is 2.76. The minimum absolute atomic E-state index is 0.00232. The number of allylic oxidation sites excluding steroid dienone is 3. The monoisotopic (exact) mass is 688 g/mol. The van der Waals surface area contributed by atoms with Crippen LogP contribution in [0.1, 0.15) is 121 Å². The fraction of sp³-hybridized carbons (Fsp3) is 0.850. The molecule has 0 bridgehead atoms. The highest BCUT2D eigenvalue weighted by atomic mass is 16.6. The zero-order chi connectivity index (χ0) is 36.9. The SMILES string of the molecule is CC=C(C)C(=O)OC1C(OC(=O)C(C)(O)C(C)O)C2(CO)C(O)CC3(C)C(=CCC4C5(C)CCC(O)C(C)(C)C5CCC43C)C2CC1(C)C. The molecule has 9 heteroatoms. The standard InChI is InChI=1S/C40H64O9/c1-12-22(2)32(45)48-30-31(49-33(46)39(11,47)23(3)42)40(21-41)25(19-34(30,4)5)24-13-14-27-36(8)17-16-28(43)35(6,7)26(36)15-18-37(27,9)38(24,10)20-29(40)44/h12-13,23,25-31,41-44,47H,14-21H2,1-11H3. The molecular formula is C40H64O9. The molecule has 5 aliphatic carbocycles. The number of carbonyl (C=O) groups excluding carboxylic acids is 2. The number of hydrogen-bond acceptors (Lipinski definition) is 9. The van der Waals surface area contributed by atoms with Crippen LogP contribution in [-0.2, 0) is 19.1 Å². The van der Waals surface area contributed by atoms with Crippen molar-refractivity contribution < 1.29 is 44.6 Å². The van der Waals surface area contributed by atoms with Crippen LogP contribution in [0, 0.1) is 50.2 Å². The number of ether oxygens (including phenoxy) is 2. The van der Waals surface area contributed by atoms with E-state index in [9.17, 15) is 35.1 Å². The molecule has 13 unspecified atom stereocenters. The Hall–Kier alpha value is -1.78. The van der Waals surface area contributed by atoms with Gasteiger partial charge < -0.3 is 35.0 Å². The molecule has 0 spiro atoms. The Bertz CT molecular complexity index is 1390. The summed E-state index contributed by atoms with van der Waals surface area (Å²) in [5.74, 6) is -1.46. The Morgan fingerprint density at radius 2 is 1.61 bits per heavy atom. The van der Waals surface area contributed by atoms with Gasteiger partial charge in [0.25, 0.3) is 0 Å². The summed E-state index contributed by atoms with van der Waals surface area (Å²) < 4.78 is 12.3. The van der Waals surface area contributed by atoms with Gasteiger partial charge in [-0.1, -0.05) is 66.2 Å². The predicted octanol–water partition coefficient (Wildman–Crippen LogP) is 5.25. The van der Waals surface area contributed by atoms with Gasteiger partial charge in [-0.2, -0.15) is 0 Å². The predicted molar refractivity (Wildman–Crippen MR) is 186 cm³/mol. The van der Waals surface area contributed by atoms with Crippen LogP contribution in [0.2, 0.25) is 0 Å². The lowest BCUT2D eigenvalue weighted by Gasteiger charge is -2.72. The number of aliphatic hydroxyl groups excluding tert-OH is 4. The molecule has 0 heterocycles. The van der Waals surface area contributed by atoms with Crippen molar-refractivity contribution in [2.45, 2.75) is 157 Å². The first-order valence-electron chi connectivity index (χ1n) is 18.6. The van der Waals surface area contributed by atoms with E-state index in [2.05, 4.69) is 40.7 Å². The van der Waals surface area contributed by atoms with Gasteiger partial charge in [0.2, 0.25) is 0 Å². The summed E-state index contributed by atoms with van der Waals surface area (Å²) in [4.78, 5) is 27.0. The van der Waals surface area contributed by atoms with Crippen molar-refractivity contribution in [1.29, 1.82) is 0 Å². The zero-order valence-electron chi connectivity index (χ0n) is 31.8. The van der Waals surface area contributed by atoms with Crippen LogP contribution in [0.5, 0.6) is 0 Å². The van der Waals surface area contributed by atoms with E-state index in [1.807, 2.05) is 13.8 Å². The quantitative estimate of drug-likeness (QED) is 0.143. The molecule has 9 nitrogen and oxygen atoms in total. The van der Waals surface area contributed by atoms with Crippen LogP contribution >= 0.6 is 0 Å². The zero-order valence-corrected chi connectivity index (χ0v) is 31.8. The number of aliphatic hydroxyl groups is 5. The van der Waals surface area contributed by atoms with Crippen molar-refractivity contribution in [3.63, 3.8) is 0 Å². The maximum atomic E-state index is 13.7. The summed E-state index contributed by atoms with van der Waals surface area (Å²) in [6.45, 7) is 20.7. The van der Waals surface area contributed by atoms with Crippen molar-refractivity contribution >= 4 is 11.9 Å². The molecule has 5 rings (SSSR count). The Morgan fingerprint density at radius 1 is 0.980 bits per heavy atom. The summed E-state index contributed by atoms with van der Waals surface area (Å²) in [7, 11) is 0. The minimum atomic E-state index is -2.28. The maximum absolute atomic E-state index is 13.7. The molecule has 0 aromatic heterocycles. The molecule has 0 saturated heterocycles. The first kappa shape index (κ1) is 38.5. The highest BCUT2D eigenvalue weighted by Gasteiger charge is 2.73. The van der Waals surface area contributed by atoms with E-state index >= 15 is 0 Å². The van der Waals surface area contributed by atoms with Gasteiger partial charge in [0, 0.05) is 11.0 Å². The second kappa shape index (κ2) is 12.1. The summed E-state index contributed by atoms with van der Waals surface area (Å²) in [5, 5.41) is 56.5. The van der Waals surface area contributed by atoms with Gasteiger partial charge in [0.1, 0.15) is 6.10 Å².